The molecule has 0 aliphatic rings. The molecule has 1 aromatic heterocycles. The van der Waals surface area contributed by atoms with Gasteiger partial charge in [0.2, 0.25) is 0 Å². The van der Waals surface area contributed by atoms with Crippen LogP contribution in [0.1, 0.15) is 21.6 Å². The normalized spacial score (nSPS) is 10.8. The van der Waals surface area contributed by atoms with Crippen LogP contribution in [0.2, 0.25) is 15.2 Å². The van der Waals surface area contributed by atoms with E-state index in [1.165, 1.54) is 36.7 Å². The lowest BCUT2D eigenvalue weighted by Gasteiger charge is -2.13. The lowest BCUT2D eigenvalue weighted by Crippen LogP contribution is -2.24. The summed E-state index contributed by atoms with van der Waals surface area (Å²) in [5.41, 5.74) is 0.732. The second-order valence-corrected chi connectivity index (χ2v) is 7.10. The van der Waals surface area contributed by atoms with Gasteiger partial charge in [-0.2, -0.15) is 5.26 Å². The Morgan fingerprint density at radius 3 is 2.80 bits per heavy atom. The Kier molecular flexibility index (Phi) is 6.95. The number of aromatic nitrogens is 2. The van der Waals surface area contributed by atoms with Crippen LogP contribution in [-0.4, -0.2) is 15.9 Å². The van der Waals surface area contributed by atoms with Gasteiger partial charge in [-0.15, -0.1) is 0 Å². The van der Waals surface area contributed by atoms with E-state index in [2.05, 4.69) is 15.3 Å². The third kappa shape index (κ3) is 5.10. The smallest absolute Gasteiger partial charge is 0.273 e. The Bertz CT molecular complexity index is 1170. The van der Waals surface area contributed by atoms with Gasteiger partial charge in [0.25, 0.3) is 5.91 Å². The number of halogens is 4. The Labute approximate surface area is 185 Å². The molecule has 0 aliphatic heterocycles. The number of hydrogen-bond donors (Lipinski definition) is 2. The van der Waals surface area contributed by atoms with Crippen molar-refractivity contribution in [3.05, 3.63) is 80.6 Å². The largest absolute Gasteiger partial charge is 0.453 e. The number of aromatic amines is 1. The minimum absolute atomic E-state index is 0.000563. The number of nitriles is 1. The van der Waals surface area contributed by atoms with Gasteiger partial charge >= 0.3 is 0 Å². The molecule has 2 aromatic carbocycles. The van der Waals surface area contributed by atoms with Crippen LogP contribution in [-0.2, 0) is 6.54 Å². The topological polar surface area (TPSA) is 90.8 Å². The lowest BCUT2D eigenvalue weighted by molar-refractivity contribution is 0.0946. The van der Waals surface area contributed by atoms with E-state index in [9.17, 15) is 9.18 Å². The van der Waals surface area contributed by atoms with Gasteiger partial charge in [0.15, 0.2) is 17.3 Å². The summed E-state index contributed by atoms with van der Waals surface area (Å²) in [5, 5.41) is 11.6. The number of ether oxygens (including phenoxy) is 1. The fourth-order valence-electron chi connectivity index (χ4n) is 2.49. The molecule has 0 aliphatic carbocycles. The number of allylic oxidation sites excluding steroid dienone is 1. The summed E-state index contributed by atoms with van der Waals surface area (Å²) >= 11 is 18.0. The maximum absolute atomic E-state index is 15.0. The molecule has 30 heavy (non-hydrogen) atoms. The first-order chi connectivity index (χ1) is 14.4. The molecule has 1 heterocycles. The zero-order valence-corrected chi connectivity index (χ0v) is 17.3. The Morgan fingerprint density at radius 1 is 1.30 bits per heavy atom. The van der Waals surface area contributed by atoms with Gasteiger partial charge in [-0.25, -0.2) is 9.37 Å². The van der Waals surface area contributed by atoms with Gasteiger partial charge in [-0.3, -0.25) is 4.79 Å². The monoisotopic (exact) mass is 464 g/mol. The highest BCUT2D eigenvalue weighted by Gasteiger charge is 2.18. The van der Waals surface area contributed by atoms with Crippen LogP contribution in [0.3, 0.4) is 0 Å². The number of benzene rings is 2. The third-order valence-electron chi connectivity index (χ3n) is 3.84. The summed E-state index contributed by atoms with van der Waals surface area (Å²) < 4.78 is 20.6. The van der Waals surface area contributed by atoms with Crippen molar-refractivity contribution in [2.75, 3.05) is 0 Å². The maximum atomic E-state index is 15.0. The van der Waals surface area contributed by atoms with Gasteiger partial charge in [-0.05, 0) is 35.9 Å². The van der Waals surface area contributed by atoms with Crippen molar-refractivity contribution in [2.45, 2.75) is 6.54 Å². The van der Waals surface area contributed by atoms with Crippen molar-refractivity contribution in [1.82, 2.24) is 15.3 Å². The first-order valence-corrected chi connectivity index (χ1v) is 9.51. The van der Waals surface area contributed by atoms with Crippen molar-refractivity contribution in [3.63, 3.8) is 0 Å². The van der Waals surface area contributed by atoms with Gasteiger partial charge < -0.3 is 15.0 Å². The van der Waals surface area contributed by atoms with E-state index in [-0.39, 0.29) is 39.5 Å². The van der Waals surface area contributed by atoms with Crippen LogP contribution in [0.15, 0.2) is 42.7 Å². The van der Waals surface area contributed by atoms with Gasteiger partial charge in [0.1, 0.15) is 10.9 Å². The van der Waals surface area contributed by atoms with Crippen LogP contribution < -0.4 is 10.1 Å². The molecule has 2 N–H and O–H groups in total. The molecule has 0 bridgehead atoms. The maximum Gasteiger partial charge on any atom is 0.273 e. The van der Waals surface area contributed by atoms with Crippen molar-refractivity contribution < 1.29 is 13.9 Å². The summed E-state index contributed by atoms with van der Waals surface area (Å²) in [6.45, 7) is -0.146. The molecule has 3 aromatic rings. The number of rotatable bonds is 6. The fourth-order valence-corrected chi connectivity index (χ4v) is 3.09. The van der Waals surface area contributed by atoms with Gasteiger partial charge in [0, 0.05) is 23.2 Å². The Morgan fingerprint density at radius 2 is 2.10 bits per heavy atom. The van der Waals surface area contributed by atoms with E-state index in [4.69, 9.17) is 44.8 Å². The average molecular weight is 466 g/mol. The number of nitrogens with zero attached hydrogens (tertiary/aromatic N) is 2. The fraction of sp³-hybridized carbons (Fsp3) is 0.0500. The van der Waals surface area contributed by atoms with E-state index in [0.29, 0.717) is 10.6 Å². The molecule has 0 saturated carbocycles. The number of nitrogens with one attached hydrogen (secondary N) is 2. The SMILES string of the molecule is N#C/C=C/c1cc(Cl)cc(Oc2c(Cl)ccc(CNC(=O)c3nc[nH]c3Cl)c2F)c1. The number of carbonyl (C=O) groups is 1. The molecule has 3 rings (SSSR count). The Balaban J connectivity index is 1.82. The molecule has 0 saturated heterocycles. The van der Waals surface area contributed by atoms with Crippen molar-refractivity contribution >= 4 is 46.8 Å². The predicted molar refractivity (Wildman–Crippen MR) is 112 cm³/mol. The summed E-state index contributed by atoms with van der Waals surface area (Å²) in [5.74, 6) is -1.31. The van der Waals surface area contributed by atoms with E-state index < -0.39 is 11.7 Å². The highest BCUT2D eigenvalue weighted by Crippen LogP contribution is 2.35. The highest BCUT2D eigenvalue weighted by atomic mass is 35.5. The molecule has 0 fully saturated rings. The molecule has 152 valence electrons. The summed E-state index contributed by atoms with van der Waals surface area (Å²) in [7, 11) is 0. The first-order valence-electron chi connectivity index (χ1n) is 8.37. The average Bonchev–Trinajstić information content (AvgIpc) is 3.14. The quantitative estimate of drug-likeness (QED) is 0.452. The van der Waals surface area contributed by atoms with Crippen LogP contribution in [0.5, 0.6) is 11.5 Å². The van der Waals surface area contributed by atoms with Crippen LogP contribution >= 0.6 is 34.8 Å². The standard InChI is InChI=1S/C20H12Cl3FN4O2/c21-13-6-11(2-1-5-25)7-14(8-13)30-18-15(22)4-3-12(16(18)24)9-26-20(29)17-19(23)28-10-27-17/h1-4,6-8,10H,9H2,(H,26,29)(H,27,28)/b2-1+. The molecular formula is C20H12Cl3FN4O2. The zero-order chi connectivity index (χ0) is 21.7. The van der Waals surface area contributed by atoms with Crippen LogP contribution in [0.4, 0.5) is 4.39 Å². The van der Waals surface area contributed by atoms with Crippen LogP contribution in [0.25, 0.3) is 6.08 Å². The molecular weight excluding hydrogens is 454 g/mol. The van der Waals surface area contributed by atoms with E-state index in [1.54, 1.807) is 12.1 Å². The second-order valence-electron chi connectivity index (χ2n) is 5.88. The van der Waals surface area contributed by atoms with Crippen molar-refractivity contribution in [2.24, 2.45) is 0 Å². The van der Waals surface area contributed by atoms with Crippen LogP contribution in [0, 0.1) is 17.1 Å². The van der Waals surface area contributed by atoms with E-state index in [1.807, 2.05) is 6.07 Å². The number of H-pyrrole nitrogens is 1. The second kappa shape index (κ2) is 9.63. The molecule has 1 amide bonds. The molecule has 6 nitrogen and oxygen atoms in total. The van der Waals surface area contributed by atoms with Gasteiger partial charge in [-0.1, -0.05) is 40.9 Å². The van der Waals surface area contributed by atoms with Gasteiger partial charge in [0.05, 0.1) is 17.4 Å². The molecule has 0 atom stereocenters. The first kappa shape index (κ1) is 21.7. The predicted octanol–water partition coefficient (Wildman–Crippen LogP) is 5.77. The minimum Gasteiger partial charge on any atom is -0.453 e. The van der Waals surface area contributed by atoms with Crippen molar-refractivity contribution in [1.29, 1.82) is 5.26 Å². The highest BCUT2D eigenvalue weighted by molar-refractivity contribution is 6.32. The summed E-state index contributed by atoms with van der Waals surface area (Å²) in [6, 6.07) is 9.42. The number of amides is 1. The van der Waals surface area contributed by atoms with Crippen molar-refractivity contribution in [3.8, 4) is 17.6 Å². The summed E-state index contributed by atoms with van der Waals surface area (Å²) in [6.07, 6.45) is 4.08. The third-order valence-corrected chi connectivity index (χ3v) is 4.64. The number of carbonyl (C=O) groups excluding carboxylic acids is 1. The molecule has 0 radical (unpaired) electrons. The number of hydrogen-bond acceptors (Lipinski definition) is 4. The van der Waals surface area contributed by atoms with E-state index >= 15 is 0 Å². The minimum atomic E-state index is -0.745. The molecule has 0 spiro atoms. The molecule has 10 heteroatoms. The summed E-state index contributed by atoms with van der Waals surface area (Å²) in [4.78, 5) is 18.5. The molecule has 0 unspecified atom stereocenters. The zero-order valence-electron chi connectivity index (χ0n) is 15.0. The number of imidazole rings is 1. The Hall–Kier alpha value is -3.05. The van der Waals surface area contributed by atoms with E-state index in [0.717, 1.165) is 0 Å². The lowest BCUT2D eigenvalue weighted by atomic mass is 10.1.